The monoisotopic (exact) mass is 287 g/mol. The molecular formula is C16H17NO4. The Labute approximate surface area is 123 Å². The maximum absolute atomic E-state index is 11.7. The first-order valence-electron chi connectivity index (χ1n) is 6.48. The number of carbonyl (C=O) groups is 1. The van der Waals surface area contributed by atoms with Crippen molar-refractivity contribution in [1.82, 2.24) is 0 Å². The number of benzene rings is 2. The Bertz CT molecular complexity index is 578. The quantitative estimate of drug-likeness (QED) is 0.502. The van der Waals surface area contributed by atoms with E-state index in [0.29, 0.717) is 17.0 Å². The van der Waals surface area contributed by atoms with E-state index in [2.05, 4.69) is 0 Å². The predicted octanol–water partition coefficient (Wildman–Crippen LogP) is 2.51. The lowest BCUT2D eigenvalue weighted by molar-refractivity contribution is 0.0450. The van der Waals surface area contributed by atoms with Crippen molar-refractivity contribution in [1.29, 1.82) is 0 Å². The van der Waals surface area contributed by atoms with Gasteiger partial charge in [0.25, 0.3) is 0 Å². The van der Waals surface area contributed by atoms with Gasteiger partial charge in [-0.15, -0.1) is 0 Å². The molecule has 2 N–H and O–H groups in total. The number of nitrogen functional groups attached to an aromatic ring is 1. The normalized spacial score (nSPS) is 9.95. The molecule has 0 atom stereocenters. The van der Waals surface area contributed by atoms with E-state index in [1.54, 1.807) is 55.6 Å². The van der Waals surface area contributed by atoms with Crippen LogP contribution in [-0.4, -0.2) is 26.3 Å². The second kappa shape index (κ2) is 7.19. The van der Waals surface area contributed by atoms with E-state index in [9.17, 15) is 4.79 Å². The summed E-state index contributed by atoms with van der Waals surface area (Å²) in [7, 11) is 1.60. The fraction of sp³-hybridized carbons (Fsp3) is 0.188. The van der Waals surface area contributed by atoms with Crippen molar-refractivity contribution >= 4 is 11.7 Å². The largest absolute Gasteiger partial charge is 0.497 e. The smallest absolute Gasteiger partial charge is 0.338 e. The summed E-state index contributed by atoms with van der Waals surface area (Å²) in [5.41, 5.74) is 6.62. The molecule has 2 aromatic rings. The molecular weight excluding hydrogens is 270 g/mol. The SMILES string of the molecule is COc1ccc(OCCOC(=O)c2ccc(N)cc2)cc1. The molecule has 0 saturated heterocycles. The third-order valence-corrected chi connectivity index (χ3v) is 2.79. The lowest BCUT2D eigenvalue weighted by atomic mass is 10.2. The van der Waals surface area contributed by atoms with E-state index < -0.39 is 5.97 Å². The Morgan fingerprint density at radius 1 is 0.952 bits per heavy atom. The zero-order chi connectivity index (χ0) is 15.1. The van der Waals surface area contributed by atoms with E-state index in [0.717, 1.165) is 5.75 Å². The van der Waals surface area contributed by atoms with Gasteiger partial charge in [-0.25, -0.2) is 4.79 Å². The van der Waals surface area contributed by atoms with Gasteiger partial charge in [0.05, 0.1) is 12.7 Å². The van der Waals surface area contributed by atoms with E-state index in [-0.39, 0.29) is 13.2 Å². The minimum absolute atomic E-state index is 0.176. The van der Waals surface area contributed by atoms with Gasteiger partial charge in [-0.2, -0.15) is 0 Å². The molecule has 0 fully saturated rings. The molecule has 2 aromatic carbocycles. The van der Waals surface area contributed by atoms with Crippen LogP contribution in [0.5, 0.6) is 11.5 Å². The Morgan fingerprint density at radius 3 is 2.19 bits per heavy atom. The summed E-state index contributed by atoms with van der Waals surface area (Å²) in [5.74, 6) is 1.06. The third-order valence-electron chi connectivity index (χ3n) is 2.79. The van der Waals surface area contributed by atoms with Crippen LogP contribution in [0.2, 0.25) is 0 Å². The second-order valence-electron chi connectivity index (χ2n) is 4.28. The molecule has 0 saturated carbocycles. The number of methoxy groups -OCH3 is 1. The molecule has 21 heavy (non-hydrogen) atoms. The van der Waals surface area contributed by atoms with Gasteiger partial charge in [0.1, 0.15) is 24.7 Å². The molecule has 0 aliphatic rings. The summed E-state index contributed by atoms with van der Waals surface area (Å²) in [6.07, 6.45) is 0. The molecule has 5 nitrogen and oxygen atoms in total. The van der Waals surface area contributed by atoms with Gasteiger partial charge in [-0.3, -0.25) is 0 Å². The number of ether oxygens (including phenoxy) is 3. The first kappa shape index (κ1) is 14.7. The number of carbonyl (C=O) groups excluding carboxylic acids is 1. The van der Waals surface area contributed by atoms with Crippen LogP contribution >= 0.6 is 0 Å². The minimum Gasteiger partial charge on any atom is -0.497 e. The number of rotatable bonds is 6. The molecule has 0 spiro atoms. The molecule has 5 heteroatoms. The first-order chi connectivity index (χ1) is 10.2. The predicted molar refractivity (Wildman–Crippen MR) is 79.6 cm³/mol. The summed E-state index contributed by atoms with van der Waals surface area (Å²) < 4.78 is 15.6. The van der Waals surface area contributed by atoms with Gasteiger partial charge in [0.2, 0.25) is 0 Å². The lowest BCUT2D eigenvalue weighted by Crippen LogP contribution is -2.12. The number of hydrogen-bond donors (Lipinski definition) is 1. The molecule has 0 heterocycles. The van der Waals surface area contributed by atoms with Gasteiger partial charge in [0.15, 0.2) is 0 Å². The average Bonchev–Trinajstić information content (AvgIpc) is 2.52. The van der Waals surface area contributed by atoms with Crippen LogP contribution in [-0.2, 0) is 4.74 Å². The highest BCUT2D eigenvalue weighted by Crippen LogP contribution is 2.16. The second-order valence-corrected chi connectivity index (χ2v) is 4.28. The summed E-state index contributed by atoms with van der Waals surface area (Å²) >= 11 is 0. The van der Waals surface area contributed by atoms with Gasteiger partial charge in [-0.05, 0) is 48.5 Å². The molecule has 0 aromatic heterocycles. The fourth-order valence-electron chi connectivity index (χ4n) is 1.67. The zero-order valence-electron chi connectivity index (χ0n) is 11.7. The summed E-state index contributed by atoms with van der Waals surface area (Å²) in [4.78, 5) is 11.7. The molecule has 0 amide bonds. The molecule has 0 aliphatic carbocycles. The molecule has 2 rings (SSSR count). The van der Waals surface area contributed by atoms with Crippen molar-refractivity contribution in [2.24, 2.45) is 0 Å². The molecule has 0 radical (unpaired) electrons. The van der Waals surface area contributed by atoms with Crippen molar-refractivity contribution in [3.05, 3.63) is 54.1 Å². The zero-order valence-corrected chi connectivity index (χ0v) is 11.7. The third kappa shape index (κ3) is 4.42. The summed E-state index contributed by atoms with van der Waals surface area (Å²) in [6.45, 7) is 0.461. The summed E-state index contributed by atoms with van der Waals surface area (Å²) in [5, 5.41) is 0. The van der Waals surface area contributed by atoms with E-state index in [1.165, 1.54) is 0 Å². The standard InChI is InChI=1S/C16H17NO4/c1-19-14-6-8-15(9-7-14)20-10-11-21-16(18)12-2-4-13(17)5-3-12/h2-9H,10-11,17H2,1H3. The number of esters is 1. The van der Waals surface area contributed by atoms with Crippen LogP contribution < -0.4 is 15.2 Å². The maximum Gasteiger partial charge on any atom is 0.338 e. The highest BCUT2D eigenvalue weighted by Gasteiger charge is 2.06. The number of hydrogen-bond acceptors (Lipinski definition) is 5. The van der Waals surface area contributed by atoms with Crippen LogP contribution in [0.3, 0.4) is 0 Å². The average molecular weight is 287 g/mol. The van der Waals surface area contributed by atoms with E-state index in [4.69, 9.17) is 19.9 Å². The summed E-state index contributed by atoms with van der Waals surface area (Å²) in [6, 6.07) is 13.8. The minimum atomic E-state index is -0.395. The Morgan fingerprint density at radius 2 is 1.57 bits per heavy atom. The lowest BCUT2D eigenvalue weighted by Gasteiger charge is -2.08. The topological polar surface area (TPSA) is 70.8 Å². The van der Waals surface area contributed by atoms with Gasteiger partial charge >= 0.3 is 5.97 Å². The van der Waals surface area contributed by atoms with Crippen LogP contribution in [0.4, 0.5) is 5.69 Å². The van der Waals surface area contributed by atoms with E-state index >= 15 is 0 Å². The number of nitrogens with two attached hydrogens (primary N) is 1. The molecule has 0 bridgehead atoms. The number of anilines is 1. The van der Waals surface area contributed by atoms with Crippen molar-refractivity contribution in [2.45, 2.75) is 0 Å². The van der Waals surface area contributed by atoms with Crippen molar-refractivity contribution in [3.63, 3.8) is 0 Å². The van der Waals surface area contributed by atoms with Crippen molar-refractivity contribution in [3.8, 4) is 11.5 Å². The highest BCUT2D eigenvalue weighted by molar-refractivity contribution is 5.89. The van der Waals surface area contributed by atoms with Crippen molar-refractivity contribution < 1.29 is 19.0 Å². The Hall–Kier alpha value is -2.69. The Kier molecular flexibility index (Phi) is 5.04. The van der Waals surface area contributed by atoms with Crippen molar-refractivity contribution in [2.75, 3.05) is 26.1 Å². The van der Waals surface area contributed by atoms with Crippen LogP contribution in [0.25, 0.3) is 0 Å². The van der Waals surface area contributed by atoms with E-state index in [1.807, 2.05) is 0 Å². The molecule has 110 valence electrons. The first-order valence-corrected chi connectivity index (χ1v) is 6.48. The fourth-order valence-corrected chi connectivity index (χ4v) is 1.67. The van der Waals surface area contributed by atoms with Gasteiger partial charge in [-0.1, -0.05) is 0 Å². The van der Waals surface area contributed by atoms with Crippen LogP contribution in [0.1, 0.15) is 10.4 Å². The maximum atomic E-state index is 11.7. The highest BCUT2D eigenvalue weighted by atomic mass is 16.6. The van der Waals surface area contributed by atoms with Crippen LogP contribution in [0, 0.1) is 0 Å². The Balaban J connectivity index is 1.73. The molecule has 0 aliphatic heterocycles. The van der Waals surface area contributed by atoms with Gasteiger partial charge < -0.3 is 19.9 Å². The molecule has 0 unspecified atom stereocenters. The van der Waals surface area contributed by atoms with Gasteiger partial charge in [0, 0.05) is 5.69 Å². The van der Waals surface area contributed by atoms with Crippen LogP contribution in [0.15, 0.2) is 48.5 Å².